The minimum absolute atomic E-state index is 0.0217. The molecular weight excluding hydrogens is 366 g/mol. The molecule has 1 aromatic carbocycles. The fourth-order valence-corrected chi connectivity index (χ4v) is 2.95. The van der Waals surface area contributed by atoms with E-state index in [1.54, 1.807) is 31.6 Å². The molecule has 1 unspecified atom stereocenters. The molecule has 1 N–H and O–H groups in total. The molecule has 0 aliphatic rings. The summed E-state index contributed by atoms with van der Waals surface area (Å²) < 4.78 is 5.01. The van der Waals surface area contributed by atoms with E-state index < -0.39 is 6.04 Å². The van der Waals surface area contributed by atoms with Gasteiger partial charge in [-0.1, -0.05) is 45.5 Å². The highest BCUT2D eigenvalue weighted by Crippen LogP contribution is 2.30. The number of nitrogens with zero attached hydrogens (tertiary/aromatic N) is 2. The summed E-state index contributed by atoms with van der Waals surface area (Å²) in [6.07, 6.45) is 4.43. The number of benzene rings is 1. The second-order valence-electron chi connectivity index (χ2n) is 7.68. The molecule has 0 bridgehead atoms. The lowest BCUT2D eigenvalue weighted by Crippen LogP contribution is -2.44. The van der Waals surface area contributed by atoms with E-state index >= 15 is 0 Å². The minimum atomic E-state index is -0.883. The molecular formula is C23H29N3O3. The molecule has 2 aromatic rings. The van der Waals surface area contributed by atoms with Crippen LogP contribution in [-0.2, 0) is 19.7 Å². The molecule has 0 saturated heterocycles. The van der Waals surface area contributed by atoms with Crippen LogP contribution in [0.15, 0.2) is 61.4 Å². The summed E-state index contributed by atoms with van der Waals surface area (Å²) in [7, 11) is 1.56. The van der Waals surface area contributed by atoms with E-state index in [4.69, 9.17) is 4.74 Å². The molecule has 2 rings (SSSR count). The number of rotatable bonds is 8. The first-order valence-electron chi connectivity index (χ1n) is 9.52. The van der Waals surface area contributed by atoms with Gasteiger partial charge in [-0.15, -0.1) is 0 Å². The summed E-state index contributed by atoms with van der Waals surface area (Å²) in [5.41, 5.74) is 2.33. The zero-order chi connectivity index (χ0) is 21.4. The third-order valence-corrected chi connectivity index (χ3v) is 4.54. The highest BCUT2D eigenvalue weighted by molar-refractivity contribution is 6.06. The van der Waals surface area contributed by atoms with Crippen LogP contribution in [0.1, 0.15) is 37.9 Å². The topological polar surface area (TPSA) is 71.5 Å². The van der Waals surface area contributed by atoms with Gasteiger partial charge in [0.1, 0.15) is 6.04 Å². The highest BCUT2D eigenvalue weighted by Gasteiger charge is 2.32. The molecule has 0 spiro atoms. The van der Waals surface area contributed by atoms with Crippen molar-refractivity contribution < 1.29 is 14.3 Å². The first-order valence-corrected chi connectivity index (χ1v) is 9.52. The average Bonchev–Trinajstić information content (AvgIpc) is 2.71. The molecule has 6 nitrogen and oxygen atoms in total. The molecule has 1 heterocycles. The molecule has 154 valence electrons. The quantitative estimate of drug-likeness (QED) is 0.549. The van der Waals surface area contributed by atoms with Crippen LogP contribution in [0.3, 0.4) is 0 Å². The van der Waals surface area contributed by atoms with Crippen molar-refractivity contribution in [1.29, 1.82) is 0 Å². The Hall–Kier alpha value is -2.99. The minimum Gasteiger partial charge on any atom is -0.383 e. The lowest BCUT2D eigenvalue weighted by molar-refractivity contribution is -0.125. The Bertz CT molecular complexity index is 827. The molecule has 0 radical (unpaired) electrons. The van der Waals surface area contributed by atoms with Crippen LogP contribution < -0.4 is 10.2 Å². The van der Waals surface area contributed by atoms with E-state index in [2.05, 4.69) is 37.7 Å². The Kier molecular flexibility index (Phi) is 7.67. The van der Waals surface area contributed by atoms with E-state index in [1.165, 1.54) is 11.0 Å². The van der Waals surface area contributed by atoms with Crippen molar-refractivity contribution in [3.63, 3.8) is 0 Å². The van der Waals surface area contributed by atoms with Crippen LogP contribution in [0.2, 0.25) is 0 Å². The normalized spacial score (nSPS) is 12.1. The van der Waals surface area contributed by atoms with Crippen molar-refractivity contribution >= 4 is 17.5 Å². The largest absolute Gasteiger partial charge is 0.383 e. The van der Waals surface area contributed by atoms with Gasteiger partial charge < -0.3 is 10.1 Å². The lowest BCUT2D eigenvalue weighted by atomic mass is 9.87. The SMILES string of the molecule is C=CC(=O)N(c1ccc(C(C)(C)C)cc1)C(C(=O)NCCOC)c1cccnc1. The number of methoxy groups -OCH3 is 1. The maximum absolute atomic E-state index is 13.1. The van der Waals surface area contributed by atoms with Crippen molar-refractivity contribution in [1.82, 2.24) is 10.3 Å². The van der Waals surface area contributed by atoms with E-state index in [0.29, 0.717) is 24.4 Å². The third-order valence-electron chi connectivity index (χ3n) is 4.54. The van der Waals surface area contributed by atoms with Crippen LogP contribution in [-0.4, -0.2) is 37.1 Å². The molecule has 0 saturated carbocycles. The van der Waals surface area contributed by atoms with Crippen LogP contribution >= 0.6 is 0 Å². The smallest absolute Gasteiger partial charge is 0.251 e. The predicted octanol–water partition coefficient (Wildman–Crippen LogP) is 3.40. The highest BCUT2D eigenvalue weighted by atomic mass is 16.5. The van der Waals surface area contributed by atoms with Crippen LogP contribution in [0.5, 0.6) is 0 Å². The van der Waals surface area contributed by atoms with Gasteiger partial charge in [0.15, 0.2) is 0 Å². The van der Waals surface area contributed by atoms with E-state index in [0.717, 1.165) is 5.56 Å². The van der Waals surface area contributed by atoms with Gasteiger partial charge in [-0.3, -0.25) is 19.5 Å². The summed E-state index contributed by atoms with van der Waals surface area (Å²) in [5, 5.41) is 2.83. The summed E-state index contributed by atoms with van der Waals surface area (Å²) in [6, 6.07) is 10.3. The first kappa shape index (κ1) is 22.3. The lowest BCUT2D eigenvalue weighted by Gasteiger charge is -2.31. The van der Waals surface area contributed by atoms with Crippen LogP contribution in [0, 0.1) is 0 Å². The van der Waals surface area contributed by atoms with Gasteiger partial charge in [-0.2, -0.15) is 0 Å². The number of carbonyl (C=O) groups excluding carboxylic acids is 2. The molecule has 0 aliphatic heterocycles. The fourth-order valence-electron chi connectivity index (χ4n) is 2.95. The number of anilines is 1. The Morgan fingerprint density at radius 1 is 1.24 bits per heavy atom. The second-order valence-corrected chi connectivity index (χ2v) is 7.68. The van der Waals surface area contributed by atoms with Gasteiger partial charge in [-0.05, 0) is 35.3 Å². The maximum atomic E-state index is 13.1. The zero-order valence-corrected chi connectivity index (χ0v) is 17.5. The van der Waals surface area contributed by atoms with E-state index in [-0.39, 0.29) is 17.2 Å². The van der Waals surface area contributed by atoms with Gasteiger partial charge in [0.05, 0.1) is 6.61 Å². The van der Waals surface area contributed by atoms with Gasteiger partial charge in [0, 0.05) is 37.3 Å². The van der Waals surface area contributed by atoms with Crippen molar-refractivity contribution in [3.05, 3.63) is 72.6 Å². The fraction of sp³-hybridized carbons (Fsp3) is 0.348. The Morgan fingerprint density at radius 3 is 2.45 bits per heavy atom. The Labute approximate surface area is 172 Å². The maximum Gasteiger partial charge on any atom is 0.251 e. The number of ether oxygens (including phenoxy) is 1. The van der Waals surface area contributed by atoms with Crippen molar-refractivity contribution in [2.75, 3.05) is 25.2 Å². The molecule has 0 aliphatic carbocycles. The Morgan fingerprint density at radius 2 is 1.93 bits per heavy atom. The van der Waals surface area contributed by atoms with Gasteiger partial charge in [0.2, 0.25) is 5.91 Å². The number of pyridine rings is 1. The predicted molar refractivity (Wildman–Crippen MR) is 115 cm³/mol. The van der Waals surface area contributed by atoms with Crippen LogP contribution in [0.4, 0.5) is 5.69 Å². The molecule has 1 aromatic heterocycles. The summed E-state index contributed by atoms with van der Waals surface area (Å²) >= 11 is 0. The third kappa shape index (κ3) is 5.74. The molecule has 29 heavy (non-hydrogen) atoms. The molecule has 0 fully saturated rings. The van der Waals surface area contributed by atoms with Crippen molar-refractivity contribution in [2.24, 2.45) is 0 Å². The first-order chi connectivity index (χ1) is 13.8. The van der Waals surface area contributed by atoms with Gasteiger partial charge in [0.25, 0.3) is 5.91 Å². The molecule has 6 heteroatoms. The van der Waals surface area contributed by atoms with E-state index in [1.807, 2.05) is 24.3 Å². The molecule has 1 atom stereocenters. The zero-order valence-electron chi connectivity index (χ0n) is 17.5. The van der Waals surface area contributed by atoms with E-state index in [9.17, 15) is 9.59 Å². The summed E-state index contributed by atoms with van der Waals surface area (Å²) in [4.78, 5) is 31.5. The monoisotopic (exact) mass is 395 g/mol. The second kappa shape index (κ2) is 9.98. The Balaban J connectivity index is 2.49. The summed E-state index contributed by atoms with van der Waals surface area (Å²) in [6.45, 7) is 10.7. The number of amides is 2. The van der Waals surface area contributed by atoms with Crippen molar-refractivity contribution in [3.8, 4) is 0 Å². The standard InChI is InChI=1S/C23H29N3O3/c1-6-20(27)26(19-11-9-18(10-12-19)23(2,3)4)21(17-8-7-13-24-16-17)22(28)25-14-15-29-5/h6-13,16,21H,1,14-15H2,2-5H3,(H,25,28). The number of hydrogen-bond donors (Lipinski definition) is 1. The number of aromatic nitrogens is 1. The average molecular weight is 396 g/mol. The number of nitrogens with one attached hydrogen (secondary N) is 1. The molecule has 2 amide bonds. The number of carbonyl (C=O) groups is 2. The number of hydrogen-bond acceptors (Lipinski definition) is 4. The van der Waals surface area contributed by atoms with Gasteiger partial charge in [-0.25, -0.2) is 0 Å². The van der Waals surface area contributed by atoms with Crippen molar-refractivity contribution in [2.45, 2.75) is 32.2 Å². The van der Waals surface area contributed by atoms with Gasteiger partial charge >= 0.3 is 0 Å². The van der Waals surface area contributed by atoms with Crippen LogP contribution in [0.25, 0.3) is 0 Å². The summed E-state index contributed by atoms with van der Waals surface area (Å²) in [5.74, 6) is -0.686.